The number of halogens is 1. The highest BCUT2D eigenvalue weighted by molar-refractivity contribution is 6.34. The van der Waals surface area contributed by atoms with Gasteiger partial charge in [-0.2, -0.15) is 0 Å². The highest BCUT2D eigenvalue weighted by Gasteiger charge is 2.33. The van der Waals surface area contributed by atoms with Gasteiger partial charge in [0.2, 0.25) is 0 Å². The lowest BCUT2D eigenvalue weighted by atomic mass is 9.70. The summed E-state index contributed by atoms with van der Waals surface area (Å²) in [5, 5.41) is 21.5. The van der Waals surface area contributed by atoms with E-state index < -0.39 is 5.41 Å². The van der Waals surface area contributed by atoms with E-state index >= 15 is 0 Å². The van der Waals surface area contributed by atoms with Crippen LogP contribution < -0.4 is 0 Å². The van der Waals surface area contributed by atoms with Crippen molar-refractivity contribution < 1.29 is 5.11 Å². The first-order valence-corrected chi connectivity index (χ1v) is 12.1. The summed E-state index contributed by atoms with van der Waals surface area (Å²) in [5.41, 5.74) is 4.56. The van der Waals surface area contributed by atoms with Crippen LogP contribution in [0.5, 0.6) is 5.75 Å². The third kappa shape index (κ3) is 4.56. The summed E-state index contributed by atoms with van der Waals surface area (Å²) in [6.45, 7) is 15.6. The van der Waals surface area contributed by atoms with Gasteiger partial charge in [-0.15, -0.1) is 15.0 Å². The van der Waals surface area contributed by atoms with Crippen LogP contribution in [0.3, 0.4) is 0 Å². The number of phenolic OH excluding ortho intramolecular Hbond substituents is 1. The van der Waals surface area contributed by atoms with Gasteiger partial charge < -0.3 is 5.11 Å². The van der Waals surface area contributed by atoms with E-state index in [4.69, 9.17) is 11.6 Å². The molecule has 3 aromatic carbocycles. The maximum absolute atomic E-state index is 11.6. The predicted molar refractivity (Wildman–Crippen MR) is 141 cm³/mol. The Labute approximate surface area is 207 Å². The Balaban J connectivity index is 1.99. The van der Waals surface area contributed by atoms with Crippen LogP contribution in [-0.4, -0.2) is 20.1 Å². The Morgan fingerprint density at radius 1 is 0.824 bits per heavy atom. The van der Waals surface area contributed by atoms with E-state index in [1.165, 1.54) is 4.80 Å². The quantitative estimate of drug-likeness (QED) is 0.320. The molecule has 1 heterocycles. The topological polar surface area (TPSA) is 50.9 Å². The van der Waals surface area contributed by atoms with Gasteiger partial charge in [0.05, 0.1) is 5.02 Å². The Bertz CT molecular complexity index is 1330. The Kier molecular flexibility index (Phi) is 6.02. The summed E-state index contributed by atoms with van der Waals surface area (Å²) in [6, 6.07) is 20.0. The highest BCUT2D eigenvalue weighted by Crippen LogP contribution is 2.44. The molecular formula is C29H34ClN3O. The summed E-state index contributed by atoms with van der Waals surface area (Å²) in [5.74, 6) is 0.181. The SMILES string of the molecule is CC(C)(C)CC(C)(C)c1cc(-n2nc3cccc(Cl)c3n2)c(O)c(C(C)(C)c2ccccc2)c1. The molecule has 0 atom stereocenters. The number of phenols is 1. The van der Waals surface area contributed by atoms with Crippen molar-refractivity contribution in [3.05, 3.63) is 82.4 Å². The van der Waals surface area contributed by atoms with Crippen LogP contribution in [0.1, 0.15) is 71.6 Å². The zero-order valence-electron chi connectivity index (χ0n) is 21.1. The fourth-order valence-corrected chi connectivity index (χ4v) is 5.29. The third-order valence-corrected chi connectivity index (χ3v) is 6.90. The standard InChI is InChI=1S/C29H34ClN3O/c1-27(2,3)18-28(4,5)20-16-21(29(6,7)19-12-9-8-10-13-19)26(34)24(17-20)33-31-23-15-11-14-22(30)25(23)32-33/h8-17,34H,18H2,1-7H3. The summed E-state index contributed by atoms with van der Waals surface area (Å²) >= 11 is 6.38. The molecule has 0 saturated carbocycles. The smallest absolute Gasteiger partial charge is 0.147 e. The largest absolute Gasteiger partial charge is 0.505 e. The average molecular weight is 476 g/mol. The Morgan fingerprint density at radius 2 is 1.50 bits per heavy atom. The second-order valence-electron chi connectivity index (χ2n) is 11.6. The Morgan fingerprint density at radius 3 is 2.12 bits per heavy atom. The average Bonchev–Trinajstić information content (AvgIpc) is 3.18. The molecule has 1 aromatic heterocycles. The van der Waals surface area contributed by atoms with Gasteiger partial charge in [-0.3, -0.25) is 0 Å². The first-order chi connectivity index (χ1) is 15.8. The second kappa shape index (κ2) is 8.42. The van der Waals surface area contributed by atoms with E-state index in [2.05, 4.69) is 76.9 Å². The summed E-state index contributed by atoms with van der Waals surface area (Å²) in [6.07, 6.45) is 0.982. The van der Waals surface area contributed by atoms with Crippen LogP contribution >= 0.6 is 11.6 Å². The fourth-order valence-electron chi connectivity index (χ4n) is 5.09. The number of aromatic hydroxyl groups is 1. The normalized spacial score (nSPS) is 12.9. The monoisotopic (exact) mass is 475 g/mol. The lowest BCUT2D eigenvalue weighted by molar-refractivity contribution is 0.283. The molecule has 34 heavy (non-hydrogen) atoms. The molecule has 178 valence electrons. The second-order valence-corrected chi connectivity index (χ2v) is 12.0. The maximum Gasteiger partial charge on any atom is 0.147 e. The van der Waals surface area contributed by atoms with Crippen molar-refractivity contribution in [2.45, 2.75) is 65.7 Å². The van der Waals surface area contributed by atoms with Crippen LogP contribution in [0.15, 0.2) is 60.7 Å². The number of rotatable bonds is 5. The molecule has 4 aromatic rings. The zero-order chi connectivity index (χ0) is 24.9. The molecule has 0 radical (unpaired) electrons. The van der Waals surface area contributed by atoms with E-state index in [1.807, 2.05) is 36.4 Å². The predicted octanol–water partition coefficient (Wildman–Crippen LogP) is 7.82. The summed E-state index contributed by atoms with van der Waals surface area (Å²) in [4.78, 5) is 1.52. The minimum absolute atomic E-state index is 0.133. The molecule has 0 aliphatic heterocycles. The van der Waals surface area contributed by atoms with Gasteiger partial charge in [-0.05, 0) is 46.6 Å². The zero-order valence-corrected chi connectivity index (χ0v) is 21.9. The van der Waals surface area contributed by atoms with Crippen LogP contribution in [0.25, 0.3) is 16.7 Å². The van der Waals surface area contributed by atoms with Crippen molar-refractivity contribution in [3.63, 3.8) is 0 Å². The molecule has 0 amide bonds. The number of hydrogen-bond acceptors (Lipinski definition) is 3. The van der Waals surface area contributed by atoms with Crippen LogP contribution in [0, 0.1) is 5.41 Å². The number of nitrogens with zero attached hydrogens (tertiary/aromatic N) is 3. The van der Waals surface area contributed by atoms with Crippen LogP contribution in [0.4, 0.5) is 0 Å². The molecule has 1 N–H and O–H groups in total. The van der Waals surface area contributed by atoms with Crippen LogP contribution in [-0.2, 0) is 10.8 Å². The van der Waals surface area contributed by atoms with Crippen LogP contribution in [0.2, 0.25) is 5.02 Å². The van der Waals surface area contributed by atoms with Crippen molar-refractivity contribution >= 4 is 22.6 Å². The summed E-state index contributed by atoms with van der Waals surface area (Å²) in [7, 11) is 0. The number of aromatic nitrogens is 3. The van der Waals surface area contributed by atoms with Gasteiger partial charge in [0, 0.05) is 11.0 Å². The van der Waals surface area contributed by atoms with E-state index in [1.54, 1.807) is 6.07 Å². The highest BCUT2D eigenvalue weighted by atomic mass is 35.5. The molecule has 0 spiro atoms. The number of fused-ring (bicyclic) bond motifs is 1. The van der Waals surface area contributed by atoms with Gasteiger partial charge >= 0.3 is 0 Å². The van der Waals surface area contributed by atoms with E-state index in [9.17, 15) is 5.11 Å². The van der Waals surface area contributed by atoms with E-state index in [0.29, 0.717) is 21.7 Å². The van der Waals surface area contributed by atoms with Gasteiger partial charge in [-0.25, -0.2) is 0 Å². The third-order valence-electron chi connectivity index (χ3n) is 6.59. The molecule has 0 unspecified atom stereocenters. The van der Waals surface area contributed by atoms with Crippen molar-refractivity contribution in [2.75, 3.05) is 0 Å². The van der Waals surface area contributed by atoms with Gasteiger partial charge in [0.15, 0.2) is 0 Å². The first-order valence-electron chi connectivity index (χ1n) is 11.7. The molecule has 0 saturated heterocycles. The molecule has 4 rings (SSSR count). The van der Waals surface area contributed by atoms with Crippen molar-refractivity contribution in [1.82, 2.24) is 15.0 Å². The molecule has 0 fully saturated rings. The van der Waals surface area contributed by atoms with Gasteiger partial charge in [-0.1, -0.05) is 103 Å². The lowest BCUT2D eigenvalue weighted by Crippen LogP contribution is -2.27. The molecule has 0 aliphatic rings. The van der Waals surface area contributed by atoms with Gasteiger partial charge in [0.25, 0.3) is 0 Å². The molecular weight excluding hydrogens is 442 g/mol. The lowest BCUT2D eigenvalue weighted by Gasteiger charge is -2.35. The minimum Gasteiger partial charge on any atom is -0.505 e. The van der Waals surface area contributed by atoms with Crippen molar-refractivity contribution in [3.8, 4) is 11.4 Å². The van der Waals surface area contributed by atoms with Gasteiger partial charge in [0.1, 0.15) is 22.5 Å². The summed E-state index contributed by atoms with van der Waals surface area (Å²) < 4.78 is 0. The number of benzene rings is 3. The minimum atomic E-state index is -0.432. The molecule has 4 nitrogen and oxygen atoms in total. The Hall–Kier alpha value is -2.85. The number of hydrogen-bond donors (Lipinski definition) is 1. The molecule has 0 aliphatic carbocycles. The molecule has 5 heteroatoms. The van der Waals surface area contributed by atoms with Crippen molar-refractivity contribution in [1.29, 1.82) is 0 Å². The molecule has 0 bridgehead atoms. The van der Waals surface area contributed by atoms with E-state index in [-0.39, 0.29) is 16.6 Å². The van der Waals surface area contributed by atoms with Crippen molar-refractivity contribution in [2.24, 2.45) is 5.41 Å². The fraction of sp³-hybridized carbons (Fsp3) is 0.379. The van der Waals surface area contributed by atoms with E-state index in [0.717, 1.165) is 23.1 Å². The maximum atomic E-state index is 11.6. The first kappa shape index (κ1) is 24.3.